The van der Waals surface area contributed by atoms with E-state index in [1.807, 2.05) is 0 Å². The van der Waals surface area contributed by atoms with Gasteiger partial charge in [0.1, 0.15) is 24.1 Å². The van der Waals surface area contributed by atoms with E-state index in [1.165, 1.54) is 0 Å². The van der Waals surface area contributed by atoms with Gasteiger partial charge in [0, 0.05) is 6.54 Å². The second kappa shape index (κ2) is 14.6. The molecular formula is C19H31F3N4O7. The number of hydrogen-bond acceptors (Lipinski definition) is 11. The summed E-state index contributed by atoms with van der Waals surface area (Å²) in [7, 11) is 0. The third-order valence-corrected chi connectivity index (χ3v) is 4.55. The standard InChI is InChI=1S/C19H31F3N4O7/c20-19(21,22)15-9-24-10-16(26-15)25-13-11-33-14(18(28)17(13)27)12-32-8-7-31-6-5-30-4-3-29-2-1-23/h9-10,13-14,17-18,27-28H,1-8,11-12,23H2,(H,25,26)/t13-,14+,17+,18-/m1/s1. The van der Waals surface area contributed by atoms with Crippen LogP contribution < -0.4 is 11.1 Å². The Balaban J connectivity index is 1.60. The Bertz CT molecular complexity index is 675. The summed E-state index contributed by atoms with van der Waals surface area (Å²) in [5.41, 5.74) is 4.12. The predicted octanol–water partition coefficient (Wildman–Crippen LogP) is -0.578. The van der Waals surface area contributed by atoms with Crippen molar-refractivity contribution < 1.29 is 47.1 Å². The number of nitrogens with one attached hydrogen (secondary N) is 1. The number of anilines is 1. The van der Waals surface area contributed by atoms with Gasteiger partial charge in [-0.1, -0.05) is 0 Å². The van der Waals surface area contributed by atoms with Crippen molar-refractivity contribution in [2.24, 2.45) is 5.73 Å². The van der Waals surface area contributed by atoms with Crippen LogP contribution in [0.2, 0.25) is 0 Å². The fourth-order valence-corrected chi connectivity index (χ4v) is 2.86. The molecule has 1 aliphatic heterocycles. The van der Waals surface area contributed by atoms with Crippen molar-refractivity contribution in [3.63, 3.8) is 0 Å². The number of hydrogen-bond donors (Lipinski definition) is 4. The Hall–Kier alpha value is -1.65. The number of nitrogens with two attached hydrogens (primary N) is 1. The topological polar surface area (TPSA) is 150 Å². The highest BCUT2D eigenvalue weighted by atomic mass is 19.4. The lowest BCUT2D eigenvalue weighted by atomic mass is 9.98. The van der Waals surface area contributed by atoms with Gasteiger partial charge in [-0.3, -0.25) is 4.98 Å². The number of rotatable bonds is 15. The van der Waals surface area contributed by atoms with Crippen LogP contribution in [0.4, 0.5) is 19.0 Å². The quantitative estimate of drug-likeness (QED) is 0.237. The van der Waals surface area contributed by atoms with E-state index in [-0.39, 0.29) is 25.6 Å². The molecule has 1 saturated heterocycles. The zero-order valence-corrected chi connectivity index (χ0v) is 18.1. The fourth-order valence-electron chi connectivity index (χ4n) is 2.86. The fraction of sp³-hybridized carbons (Fsp3) is 0.789. The number of alkyl halides is 3. The summed E-state index contributed by atoms with van der Waals surface area (Å²) < 4.78 is 65.0. The molecule has 0 aliphatic carbocycles. The van der Waals surface area contributed by atoms with E-state index >= 15 is 0 Å². The lowest BCUT2D eigenvalue weighted by Crippen LogP contribution is -2.57. The van der Waals surface area contributed by atoms with E-state index in [0.29, 0.717) is 52.4 Å². The molecule has 0 radical (unpaired) electrons. The molecular weight excluding hydrogens is 453 g/mol. The van der Waals surface area contributed by atoms with E-state index in [4.69, 9.17) is 29.4 Å². The molecule has 1 aromatic rings. The minimum absolute atomic E-state index is 0.00660. The summed E-state index contributed by atoms with van der Waals surface area (Å²) in [6.07, 6.45) is -6.40. The zero-order valence-electron chi connectivity index (χ0n) is 18.1. The summed E-state index contributed by atoms with van der Waals surface area (Å²) in [5.74, 6) is -0.191. The molecule has 0 saturated carbocycles. The van der Waals surface area contributed by atoms with Crippen molar-refractivity contribution in [1.82, 2.24) is 9.97 Å². The minimum atomic E-state index is -4.65. The van der Waals surface area contributed by atoms with Crippen molar-refractivity contribution >= 4 is 5.82 Å². The number of halogens is 3. The Kier molecular flexibility index (Phi) is 12.2. The Morgan fingerprint density at radius 3 is 2.18 bits per heavy atom. The largest absolute Gasteiger partial charge is 0.434 e. The second-order valence-corrected chi connectivity index (χ2v) is 7.09. The molecule has 2 rings (SSSR count). The van der Waals surface area contributed by atoms with Crippen LogP contribution in [-0.4, -0.2) is 111 Å². The normalized spacial score (nSPS) is 23.6. The van der Waals surface area contributed by atoms with E-state index in [0.717, 1.165) is 6.20 Å². The molecule has 33 heavy (non-hydrogen) atoms. The van der Waals surface area contributed by atoms with Crippen LogP contribution in [-0.2, 0) is 29.9 Å². The molecule has 1 aromatic heterocycles. The van der Waals surface area contributed by atoms with Crippen LogP contribution in [0.15, 0.2) is 12.4 Å². The molecule has 11 nitrogen and oxygen atoms in total. The third-order valence-electron chi connectivity index (χ3n) is 4.55. The Morgan fingerprint density at radius 2 is 1.58 bits per heavy atom. The summed E-state index contributed by atoms with van der Waals surface area (Å²) in [5, 5.41) is 23.2. The van der Waals surface area contributed by atoms with Gasteiger partial charge in [0.05, 0.1) is 77.9 Å². The monoisotopic (exact) mass is 484 g/mol. The lowest BCUT2D eigenvalue weighted by Gasteiger charge is -2.38. The van der Waals surface area contributed by atoms with Crippen molar-refractivity contribution in [3.05, 3.63) is 18.1 Å². The van der Waals surface area contributed by atoms with Crippen molar-refractivity contribution in [3.8, 4) is 0 Å². The van der Waals surface area contributed by atoms with Crippen LogP contribution in [0.25, 0.3) is 0 Å². The van der Waals surface area contributed by atoms with Crippen LogP contribution in [0.3, 0.4) is 0 Å². The highest BCUT2D eigenvalue weighted by Crippen LogP contribution is 2.28. The Labute approximate surface area is 189 Å². The molecule has 4 atom stereocenters. The molecule has 1 fully saturated rings. The maximum Gasteiger partial charge on any atom is 0.434 e. The van der Waals surface area contributed by atoms with Gasteiger partial charge in [-0.05, 0) is 0 Å². The minimum Gasteiger partial charge on any atom is -0.388 e. The van der Waals surface area contributed by atoms with E-state index in [1.54, 1.807) is 0 Å². The third kappa shape index (κ3) is 10.0. The van der Waals surface area contributed by atoms with E-state index < -0.39 is 36.2 Å². The van der Waals surface area contributed by atoms with E-state index in [2.05, 4.69) is 15.3 Å². The molecule has 0 bridgehead atoms. The first kappa shape index (κ1) is 27.6. The first-order valence-corrected chi connectivity index (χ1v) is 10.5. The number of nitrogens with zero attached hydrogens (tertiary/aromatic N) is 2. The molecule has 0 aromatic carbocycles. The van der Waals surface area contributed by atoms with E-state index in [9.17, 15) is 23.4 Å². The molecule has 5 N–H and O–H groups in total. The van der Waals surface area contributed by atoms with Gasteiger partial charge in [0.2, 0.25) is 0 Å². The number of aromatic nitrogens is 2. The van der Waals surface area contributed by atoms with Gasteiger partial charge in [-0.15, -0.1) is 0 Å². The first-order chi connectivity index (χ1) is 15.8. The van der Waals surface area contributed by atoms with Gasteiger partial charge < -0.3 is 44.9 Å². The molecule has 0 spiro atoms. The maximum absolute atomic E-state index is 12.8. The van der Waals surface area contributed by atoms with Crippen LogP contribution >= 0.6 is 0 Å². The van der Waals surface area contributed by atoms with Crippen molar-refractivity contribution in [1.29, 1.82) is 0 Å². The van der Waals surface area contributed by atoms with Gasteiger partial charge in [0.15, 0.2) is 5.69 Å². The molecule has 0 amide bonds. The summed E-state index contributed by atoms with van der Waals surface area (Å²) in [4.78, 5) is 6.92. The average molecular weight is 484 g/mol. The molecule has 190 valence electrons. The first-order valence-electron chi connectivity index (χ1n) is 10.5. The van der Waals surface area contributed by atoms with Gasteiger partial charge in [-0.25, -0.2) is 4.98 Å². The van der Waals surface area contributed by atoms with Gasteiger partial charge in [0.25, 0.3) is 0 Å². The molecule has 2 heterocycles. The van der Waals surface area contributed by atoms with Crippen LogP contribution in [0.1, 0.15) is 5.69 Å². The molecule has 1 aliphatic rings. The highest BCUT2D eigenvalue weighted by molar-refractivity contribution is 5.34. The zero-order chi connectivity index (χ0) is 24.1. The average Bonchev–Trinajstić information content (AvgIpc) is 2.78. The Morgan fingerprint density at radius 1 is 0.970 bits per heavy atom. The van der Waals surface area contributed by atoms with Crippen molar-refractivity contribution in [2.75, 3.05) is 71.3 Å². The summed E-state index contributed by atoms with van der Waals surface area (Å²) in [6.45, 7) is 3.16. The number of ether oxygens (including phenoxy) is 5. The maximum atomic E-state index is 12.8. The number of aliphatic hydroxyl groups excluding tert-OH is 2. The molecule has 0 unspecified atom stereocenters. The lowest BCUT2D eigenvalue weighted by molar-refractivity contribution is -0.161. The second-order valence-electron chi connectivity index (χ2n) is 7.09. The number of aliphatic hydroxyl groups is 2. The van der Waals surface area contributed by atoms with Crippen molar-refractivity contribution in [2.45, 2.75) is 30.5 Å². The highest BCUT2D eigenvalue weighted by Gasteiger charge is 2.39. The predicted molar refractivity (Wildman–Crippen MR) is 109 cm³/mol. The molecule has 14 heteroatoms. The summed E-state index contributed by atoms with van der Waals surface area (Å²) in [6, 6.07) is -0.877. The van der Waals surface area contributed by atoms with Crippen LogP contribution in [0, 0.1) is 0 Å². The summed E-state index contributed by atoms with van der Waals surface area (Å²) >= 11 is 0. The van der Waals surface area contributed by atoms with Crippen LogP contribution in [0.5, 0.6) is 0 Å². The van der Waals surface area contributed by atoms with Gasteiger partial charge >= 0.3 is 6.18 Å². The smallest absolute Gasteiger partial charge is 0.388 e. The SMILES string of the molecule is NCCOCCOCCOCCOC[C@@H]1OC[C@@H](Nc2cncc(C(F)(F)F)n2)[C@H](O)[C@@H]1O. The van der Waals surface area contributed by atoms with Gasteiger partial charge in [-0.2, -0.15) is 13.2 Å².